The molecule has 3 N–H and O–H groups in total. The third kappa shape index (κ3) is 4.19. The van der Waals surface area contributed by atoms with Crippen molar-refractivity contribution in [3.05, 3.63) is 59.7 Å². The number of nitrogens with one attached hydrogen (secondary N) is 1. The number of nitrogens with two attached hydrogens (primary N) is 1. The van der Waals surface area contributed by atoms with Gasteiger partial charge in [-0.25, -0.2) is 0 Å². The predicted molar refractivity (Wildman–Crippen MR) is 108 cm³/mol. The van der Waals surface area contributed by atoms with Crippen LogP contribution < -0.4 is 15.8 Å². The van der Waals surface area contributed by atoms with Crippen molar-refractivity contribution in [1.82, 2.24) is 0 Å². The Hall–Kier alpha value is -2.47. The van der Waals surface area contributed by atoms with Gasteiger partial charge in [0.05, 0.1) is 12.1 Å². The van der Waals surface area contributed by atoms with Gasteiger partial charge in [-0.15, -0.1) is 0 Å². The van der Waals surface area contributed by atoms with E-state index >= 15 is 0 Å². The first-order chi connectivity index (χ1) is 12.5. The molecule has 1 aliphatic rings. The molecular weight excluding hydrogens is 346 g/mol. The van der Waals surface area contributed by atoms with Crippen LogP contribution in [0.25, 0.3) is 0 Å². The Balaban J connectivity index is 1.76. The van der Waals surface area contributed by atoms with Gasteiger partial charge >= 0.3 is 0 Å². The number of ether oxygens (including phenoxy) is 1. The topological polar surface area (TPSA) is 76.7 Å². The van der Waals surface area contributed by atoms with Gasteiger partial charge in [-0.1, -0.05) is 23.9 Å². The Bertz CT molecular complexity index is 820. The number of thioether (sulfide) groups is 1. The van der Waals surface area contributed by atoms with Crippen molar-refractivity contribution in [2.45, 2.75) is 25.8 Å². The van der Waals surface area contributed by atoms with Crippen molar-refractivity contribution >= 4 is 28.5 Å². The van der Waals surface area contributed by atoms with Crippen LogP contribution in [0.2, 0.25) is 0 Å². The standard InChI is InChI=1S/C20H23N3O2S/c1-3-25-17-9-7-14(8-10-17)18(24)22-16-6-4-5-15(13-16)20(2)11-12-26-19(21)23-20/h4-10,13H,3,11-12H2,1-2H3,(H2,21,23)(H,22,24). The van der Waals surface area contributed by atoms with E-state index in [-0.39, 0.29) is 11.4 Å². The maximum Gasteiger partial charge on any atom is 0.255 e. The Morgan fingerprint density at radius 3 is 2.77 bits per heavy atom. The van der Waals surface area contributed by atoms with Crippen LogP contribution in [0.1, 0.15) is 36.2 Å². The first-order valence-electron chi connectivity index (χ1n) is 8.63. The van der Waals surface area contributed by atoms with E-state index in [1.165, 1.54) is 0 Å². The number of rotatable bonds is 5. The maximum atomic E-state index is 12.5. The molecule has 0 aromatic heterocycles. The second-order valence-corrected chi connectivity index (χ2v) is 7.43. The highest BCUT2D eigenvalue weighted by Gasteiger charge is 2.29. The van der Waals surface area contributed by atoms with Crippen LogP contribution in [0.3, 0.4) is 0 Å². The van der Waals surface area contributed by atoms with Crippen molar-refractivity contribution < 1.29 is 9.53 Å². The number of amidine groups is 1. The van der Waals surface area contributed by atoms with Crippen LogP contribution in [0.15, 0.2) is 53.5 Å². The lowest BCUT2D eigenvalue weighted by Crippen LogP contribution is -2.28. The molecule has 1 atom stereocenters. The molecule has 0 spiro atoms. The molecule has 1 aliphatic heterocycles. The van der Waals surface area contributed by atoms with E-state index in [9.17, 15) is 4.79 Å². The lowest BCUT2D eigenvalue weighted by molar-refractivity contribution is 0.102. The number of carbonyl (C=O) groups is 1. The molecule has 0 saturated heterocycles. The largest absolute Gasteiger partial charge is 0.494 e. The SMILES string of the molecule is CCOc1ccc(C(=O)Nc2cccc(C3(C)CCSC(N)=N3)c2)cc1. The highest BCUT2D eigenvalue weighted by atomic mass is 32.2. The monoisotopic (exact) mass is 369 g/mol. The quantitative estimate of drug-likeness (QED) is 0.835. The number of carbonyl (C=O) groups excluding carboxylic acids is 1. The van der Waals surface area contributed by atoms with Crippen molar-refractivity contribution in [1.29, 1.82) is 0 Å². The number of aliphatic imine (C=N–C) groups is 1. The zero-order chi connectivity index (χ0) is 18.6. The van der Waals surface area contributed by atoms with E-state index in [0.29, 0.717) is 17.3 Å². The molecule has 1 amide bonds. The first kappa shape index (κ1) is 18.3. The minimum absolute atomic E-state index is 0.155. The molecule has 0 aliphatic carbocycles. The number of hydrogen-bond acceptors (Lipinski definition) is 5. The number of anilines is 1. The zero-order valence-electron chi connectivity index (χ0n) is 15.0. The van der Waals surface area contributed by atoms with Gasteiger partial charge in [-0.05, 0) is 62.2 Å². The van der Waals surface area contributed by atoms with Gasteiger partial charge in [-0.3, -0.25) is 9.79 Å². The van der Waals surface area contributed by atoms with Crippen LogP contribution in [0.5, 0.6) is 5.75 Å². The zero-order valence-corrected chi connectivity index (χ0v) is 15.8. The fraction of sp³-hybridized carbons (Fsp3) is 0.300. The van der Waals surface area contributed by atoms with Crippen molar-refractivity contribution in [2.24, 2.45) is 10.7 Å². The first-order valence-corrected chi connectivity index (χ1v) is 9.61. The number of amides is 1. The van der Waals surface area contributed by atoms with Gasteiger partial charge in [0.2, 0.25) is 0 Å². The fourth-order valence-electron chi connectivity index (χ4n) is 2.90. The van der Waals surface area contributed by atoms with Crippen LogP contribution in [-0.4, -0.2) is 23.4 Å². The Labute approximate surface area is 158 Å². The van der Waals surface area contributed by atoms with Crippen molar-refractivity contribution in [3.63, 3.8) is 0 Å². The highest BCUT2D eigenvalue weighted by molar-refractivity contribution is 8.13. The molecule has 2 aromatic carbocycles. The molecule has 5 nitrogen and oxygen atoms in total. The maximum absolute atomic E-state index is 12.5. The average Bonchev–Trinajstić information content (AvgIpc) is 2.63. The summed E-state index contributed by atoms with van der Waals surface area (Å²) in [6.45, 7) is 4.60. The lowest BCUT2D eigenvalue weighted by atomic mass is 9.89. The van der Waals surface area contributed by atoms with Crippen LogP contribution in [0, 0.1) is 0 Å². The molecule has 0 bridgehead atoms. The average molecular weight is 369 g/mol. The fourth-order valence-corrected chi connectivity index (χ4v) is 3.87. The summed E-state index contributed by atoms with van der Waals surface area (Å²) in [6.07, 6.45) is 0.911. The molecule has 3 rings (SSSR count). The molecule has 26 heavy (non-hydrogen) atoms. The second-order valence-electron chi connectivity index (χ2n) is 6.31. The summed E-state index contributed by atoms with van der Waals surface area (Å²) in [5, 5.41) is 3.57. The van der Waals surface area contributed by atoms with E-state index in [0.717, 1.165) is 29.2 Å². The molecule has 136 valence electrons. The van der Waals surface area contributed by atoms with Crippen LogP contribution in [0.4, 0.5) is 5.69 Å². The van der Waals surface area contributed by atoms with Crippen molar-refractivity contribution in [2.75, 3.05) is 17.7 Å². The number of hydrogen-bond donors (Lipinski definition) is 2. The molecule has 2 aromatic rings. The summed E-state index contributed by atoms with van der Waals surface area (Å²) in [5.74, 6) is 1.54. The van der Waals surface area contributed by atoms with E-state index < -0.39 is 0 Å². The predicted octanol–water partition coefficient (Wildman–Crippen LogP) is 4.00. The molecule has 1 unspecified atom stereocenters. The molecular formula is C20H23N3O2S. The summed E-state index contributed by atoms with van der Waals surface area (Å²) >= 11 is 1.58. The van der Waals surface area contributed by atoms with Gasteiger partial charge < -0.3 is 15.8 Å². The lowest BCUT2D eigenvalue weighted by Gasteiger charge is -2.30. The Kier molecular flexibility index (Phi) is 5.52. The van der Waals surface area contributed by atoms with Gasteiger partial charge in [0.15, 0.2) is 5.17 Å². The van der Waals surface area contributed by atoms with Gasteiger partial charge in [-0.2, -0.15) is 0 Å². The summed E-state index contributed by atoms with van der Waals surface area (Å²) < 4.78 is 5.41. The summed E-state index contributed by atoms with van der Waals surface area (Å²) in [4.78, 5) is 17.1. The Morgan fingerprint density at radius 1 is 1.31 bits per heavy atom. The number of benzene rings is 2. The smallest absolute Gasteiger partial charge is 0.255 e. The van der Waals surface area contributed by atoms with Gasteiger partial charge in [0.25, 0.3) is 5.91 Å². The minimum Gasteiger partial charge on any atom is -0.494 e. The van der Waals surface area contributed by atoms with E-state index in [1.807, 2.05) is 31.2 Å². The molecule has 0 radical (unpaired) electrons. The summed E-state index contributed by atoms with van der Waals surface area (Å²) in [7, 11) is 0. The van der Waals surface area contributed by atoms with E-state index in [4.69, 9.17) is 10.5 Å². The molecule has 6 heteroatoms. The minimum atomic E-state index is -0.352. The normalized spacial score (nSPS) is 19.5. The van der Waals surface area contributed by atoms with E-state index in [2.05, 4.69) is 17.2 Å². The third-order valence-corrected chi connectivity index (χ3v) is 5.16. The van der Waals surface area contributed by atoms with Crippen molar-refractivity contribution in [3.8, 4) is 5.75 Å². The molecule has 0 fully saturated rings. The summed E-state index contributed by atoms with van der Waals surface area (Å²) in [6, 6.07) is 14.9. The number of nitrogens with zero attached hydrogens (tertiary/aromatic N) is 1. The Morgan fingerprint density at radius 2 is 2.08 bits per heavy atom. The van der Waals surface area contributed by atoms with Crippen LogP contribution in [-0.2, 0) is 5.54 Å². The summed E-state index contributed by atoms with van der Waals surface area (Å²) in [5.41, 5.74) is 7.93. The second kappa shape index (κ2) is 7.83. The highest BCUT2D eigenvalue weighted by Crippen LogP contribution is 2.35. The molecule has 1 heterocycles. The van der Waals surface area contributed by atoms with Gasteiger partial charge in [0, 0.05) is 17.0 Å². The van der Waals surface area contributed by atoms with Crippen LogP contribution >= 0.6 is 11.8 Å². The van der Waals surface area contributed by atoms with E-state index in [1.54, 1.807) is 36.0 Å². The molecule has 0 saturated carbocycles. The van der Waals surface area contributed by atoms with Gasteiger partial charge in [0.1, 0.15) is 5.75 Å². The third-order valence-electron chi connectivity index (χ3n) is 4.37.